The normalized spacial score (nSPS) is 25.0. The zero-order chi connectivity index (χ0) is 24.1. The topological polar surface area (TPSA) is 135 Å². The molecule has 1 aliphatic rings. The highest BCUT2D eigenvalue weighted by molar-refractivity contribution is 5.72. The van der Waals surface area contributed by atoms with Crippen LogP contribution in [0.1, 0.15) is 79.1 Å². The van der Waals surface area contributed by atoms with Gasteiger partial charge in [0, 0.05) is 25.7 Å². The van der Waals surface area contributed by atoms with Gasteiger partial charge in [0.1, 0.15) is 12.7 Å². The first-order valence-corrected chi connectivity index (χ1v) is 11.3. The van der Waals surface area contributed by atoms with Crippen LogP contribution >= 0.6 is 0 Å². The number of aliphatic hydroxyl groups excluding tert-OH is 1. The molecule has 5 atom stereocenters. The Morgan fingerprint density at radius 3 is 1.53 bits per heavy atom. The monoisotopic (exact) mass is 460 g/mol. The molecule has 1 rings (SSSR count). The van der Waals surface area contributed by atoms with Gasteiger partial charge in [-0.15, -0.1) is 0 Å². The lowest BCUT2D eigenvalue weighted by Crippen LogP contribution is -2.62. The van der Waals surface area contributed by atoms with Crippen molar-refractivity contribution in [2.45, 2.75) is 110 Å². The first-order valence-electron chi connectivity index (χ1n) is 11.3. The van der Waals surface area contributed by atoms with E-state index in [0.717, 1.165) is 0 Å². The van der Waals surface area contributed by atoms with Crippen LogP contribution in [0, 0.1) is 0 Å². The molecule has 0 radical (unpaired) electrons. The van der Waals surface area contributed by atoms with E-state index in [1.54, 1.807) is 20.8 Å². The molecule has 184 valence electrons. The van der Waals surface area contributed by atoms with Crippen LogP contribution in [-0.2, 0) is 42.9 Å². The quantitative estimate of drug-likeness (QED) is 0.322. The predicted molar refractivity (Wildman–Crippen MR) is 111 cm³/mol. The highest BCUT2D eigenvalue weighted by Crippen LogP contribution is 2.29. The van der Waals surface area contributed by atoms with Gasteiger partial charge in [0.2, 0.25) is 0 Å². The summed E-state index contributed by atoms with van der Waals surface area (Å²) in [5.74, 6) is -2.30. The summed E-state index contributed by atoms with van der Waals surface area (Å²) in [6, 6.07) is 0. The van der Waals surface area contributed by atoms with Gasteiger partial charge < -0.3 is 28.8 Å². The molecule has 0 aromatic heterocycles. The van der Waals surface area contributed by atoms with Crippen molar-refractivity contribution in [1.29, 1.82) is 0 Å². The average molecular weight is 461 g/mol. The molecule has 0 aromatic carbocycles. The third-order valence-electron chi connectivity index (χ3n) is 4.64. The highest BCUT2D eigenvalue weighted by atomic mass is 16.7. The molecule has 0 spiro atoms. The van der Waals surface area contributed by atoms with Crippen LogP contribution in [0.25, 0.3) is 0 Å². The molecule has 0 saturated carbocycles. The molecule has 1 unspecified atom stereocenters. The zero-order valence-corrected chi connectivity index (χ0v) is 19.4. The fourth-order valence-corrected chi connectivity index (χ4v) is 3.13. The van der Waals surface area contributed by atoms with Crippen LogP contribution in [-0.4, -0.2) is 66.3 Å². The number of ether oxygens (including phenoxy) is 5. The largest absolute Gasteiger partial charge is 0.463 e. The zero-order valence-electron chi connectivity index (χ0n) is 19.4. The van der Waals surface area contributed by atoms with E-state index in [1.165, 1.54) is 0 Å². The number of carbonyl (C=O) groups is 4. The Kier molecular flexibility index (Phi) is 12.9. The maximum Gasteiger partial charge on any atom is 0.306 e. The minimum absolute atomic E-state index is 0.0782. The molecule has 1 saturated heterocycles. The van der Waals surface area contributed by atoms with Gasteiger partial charge in [0.05, 0.1) is 0 Å². The van der Waals surface area contributed by atoms with Gasteiger partial charge in [-0.05, 0) is 25.7 Å². The van der Waals surface area contributed by atoms with Crippen LogP contribution < -0.4 is 0 Å². The standard InChI is InChI=1S/C22H36O10/c1-5-9-15(23)28-13-14-19(30-16(24)10-6-2)20(31-17(25)11-7-3)21(22(27)29-14)32-18(26)12-8-4/h14,19-22,27H,5-13H2,1-4H3/t14-,19-,20+,21-,22?/m1/s1. The Bertz CT molecular complexity index is 620. The fourth-order valence-electron chi connectivity index (χ4n) is 3.13. The Morgan fingerprint density at radius 1 is 0.656 bits per heavy atom. The number of hydrogen-bond donors (Lipinski definition) is 1. The molecule has 0 bridgehead atoms. The van der Waals surface area contributed by atoms with Crippen molar-refractivity contribution in [2.24, 2.45) is 0 Å². The summed E-state index contributed by atoms with van der Waals surface area (Å²) < 4.78 is 27.0. The van der Waals surface area contributed by atoms with Crippen molar-refractivity contribution in [3.63, 3.8) is 0 Å². The summed E-state index contributed by atoms with van der Waals surface area (Å²) in [6.45, 7) is 6.84. The summed E-state index contributed by atoms with van der Waals surface area (Å²) in [5, 5.41) is 10.5. The molecule has 1 aliphatic heterocycles. The lowest BCUT2D eigenvalue weighted by atomic mass is 9.98. The van der Waals surface area contributed by atoms with Gasteiger partial charge in [0.15, 0.2) is 24.6 Å². The van der Waals surface area contributed by atoms with E-state index in [9.17, 15) is 24.3 Å². The van der Waals surface area contributed by atoms with E-state index in [-0.39, 0.29) is 32.3 Å². The molecule has 1 fully saturated rings. The SMILES string of the molecule is CCCC(=O)OC[C@H]1OC(O)[C@H](OC(=O)CCC)[C@@H](OC(=O)CCC)[C@@H]1OC(=O)CCC. The molecule has 10 heteroatoms. The first-order chi connectivity index (χ1) is 15.3. The smallest absolute Gasteiger partial charge is 0.306 e. The maximum atomic E-state index is 12.3. The second-order valence-electron chi connectivity index (χ2n) is 7.61. The van der Waals surface area contributed by atoms with Gasteiger partial charge in [-0.1, -0.05) is 27.7 Å². The van der Waals surface area contributed by atoms with Gasteiger partial charge in [-0.3, -0.25) is 19.2 Å². The first kappa shape index (κ1) is 27.8. The van der Waals surface area contributed by atoms with Crippen LogP contribution in [0.4, 0.5) is 0 Å². The van der Waals surface area contributed by atoms with Gasteiger partial charge in [-0.2, -0.15) is 0 Å². The van der Waals surface area contributed by atoms with Crippen molar-refractivity contribution in [1.82, 2.24) is 0 Å². The van der Waals surface area contributed by atoms with Crippen molar-refractivity contribution >= 4 is 23.9 Å². The minimum Gasteiger partial charge on any atom is -0.463 e. The lowest BCUT2D eigenvalue weighted by Gasteiger charge is -2.42. The molecule has 1 N–H and O–H groups in total. The van der Waals surface area contributed by atoms with E-state index >= 15 is 0 Å². The van der Waals surface area contributed by atoms with Crippen LogP contribution in [0.3, 0.4) is 0 Å². The highest BCUT2D eigenvalue weighted by Gasteiger charge is 2.52. The molecule has 1 heterocycles. The Balaban J connectivity index is 3.19. The van der Waals surface area contributed by atoms with E-state index in [2.05, 4.69) is 0 Å². The summed E-state index contributed by atoms with van der Waals surface area (Å²) in [7, 11) is 0. The summed E-state index contributed by atoms with van der Waals surface area (Å²) in [5.41, 5.74) is 0. The molecule has 32 heavy (non-hydrogen) atoms. The second kappa shape index (κ2) is 14.8. The van der Waals surface area contributed by atoms with E-state index in [0.29, 0.717) is 25.7 Å². The summed E-state index contributed by atoms with van der Waals surface area (Å²) in [4.78, 5) is 48.5. The van der Waals surface area contributed by atoms with E-state index in [1.807, 2.05) is 6.92 Å². The molecule has 0 aliphatic carbocycles. The lowest BCUT2D eigenvalue weighted by molar-refractivity contribution is -0.297. The predicted octanol–water partition coefficient (Wildman–Crippen LogP) is 2.18. The molecular weight excluding hydrogens is 424 g/mol. The molecule has 0 aromatic rings. The third-order valence-corrected chi connectivity index (χ3v) is 4.64. The van der Waals surface area contributed by atoms with Gasteiger partial charge >= 0.3 is 23.9 Å². The molecule has 0 amide bonds. The number of rotatable bonds is 13. The number of esters is 4. The summed E-state index contributed by atoms with van der Waals surface area (Å²) in [6.07, 6.45) is -4.23. The Morgan fingerprint density at radius 2 is 1.06 bits per heavy atom. The fraction of sp³-hybridized carbons (Fsp3) is 0.818. The number of carbonyl (C=O) groups excluding carboxylic acids is 4. The van der Waals surface area contributed by atoms with Crippen molar-refractivity contribution in [3.05, 3.63) is 0 Å². The Labute approximate surface area is 188 Å². The number of hydrogen-bond acceptors (Lipinski definition) is 10. The molecule has 10 nitrogen and oxygen atoms in total. The number of aliphatic hydroxyl groups is 1. The van der Waals surface area contributed by atoms with E-state index < -0.39 is 54.6 Å². The van der Waals surface area contributed by atoms with Crippen LogP contribution in [0.15, 0.2) is 0 Å². The van der Waals surface area contributed by atoms with Crippen molar-refractivity contribution < 1.29 is 48.0 Å². The maximum absolute atomic E-state index is 12.3. The third kappa shape index (κ3) is 9.12. The molecular formula is C22H36O10. The van der Waals surface area contributed by atoms with Gasteiger partial charge in [-0.25, -0.2) is 0 Å². The van der Waals surface area contributed by atoms with Gasteiger partial charge in [0.25, 0.3) is 0 Å². The van der Waals surface area contributed by atoms with Crippen LogP contribution in [0.5, 0.6) is 0 Å². The second-order valence-corrected chi connectivity index (χ2v) is 7.61. The van der Waals surface area contributed by atoms with E-state index in [4.69, 9.17) is 23.7 Å². The average Bonchev–Trinajstić information content (AvgIpc) is 2.72. The van der Waals surface area contributed by atoms with Crippen LogP contribution in [0.2, 0.25) is 0 Å². The Hall–Kier alpha value is -2.20. The minimum atomic E-state index is -1.67. The summed E-state index contributed by atoms with van der Waals surface area (Å²) >= 11 is 0. The van der Waals surface area contributed by atoms with Crippen molar-refractivity contribution in [2.75, 3.05) is 6.61 Å². The van der Waals surface area contributed by atoms with Crippen molar-refractivity contribution in [3.8, 4) is 0 Å².